The monoisotopic (exact) mass is 267 g/mol. The van der Waals surface area contributed by atoms with Crippen molar-refractivity contribution in [2.45, 2.75) is 39.3 Å². The summed E-state index contributed by atoms with van der Waals surface area (Å²) in [6.07, 6.45) is -0.211. The van der Waals surface area contributed by atoms with Crippen molar-refractivity contribution >= 4 is 16.0 Å². The number of methoxy groups -OCH3 is 1. The molecule has 0 aromatic carbocycles. The quantitative estimate of drug-likeness (QED) is 0.665. The number of aliphatic carboxylic acids is 1. The van der Waals surface area contributed by atoms with Crippen LogP contribution in [0.5, 0.6) is 0 Å². The fraction of sp³-hybridized carbons (Fsp3) is 0.900. The summed E-state index contributed by atoms with van der Waals surface area (Å²) in [5.41, 5.74) is 0. The predicted octanol–water partition coefficient (Wildman–Crippen LogP) is 0.440. The van der Waals surface area contributed by atoms with Crippen LogP contribution in [0.25, 0.3) is 0 Å². The Morgan fingerprint density at radius 1 is 1.35 bits per heavy atom. The van der Waals surface area contributed by atoms with Gasteiger partial charge in [-0.25, -0.2) is 13.1 Å². The van der Waals surface area contributed by atoms with Crippen molar-refractivity contribution in [1.29, 1.82) is 0 Å². The number of carboxylic acids is 1. The second-order valence-electron chi connectivity index (χ2n) is 4.47. The van der Waals surface area contributed by atoms with E-state index in [2.05, 4.69) is 4.72 Å². The van der Waals surface area contributed by atoms with Crippen molar-refractivity contribution < 1.29 is 23.1 Å². The Balaban J connectivity index is 4.58. The molecular weight excluding hydrogens is 246 g/mol. The Morgan fingerprint density at radius 2 is 1.88 bits per heavy atom. The Hall–Kier alpha value is -0.660. The van der Waals surface area contributed by atoms with Crippen LogP contribution in [-0.2, 0) is 19.6 Å². The zero-order chi connectivity index (χ0) is 13.6. The van der Waals surface area contributed by atoms with Crippen LogP contribution in [-0.4, -0.2) is 44.5 Å². The molecule has 1 unspecified atom stereocenters. The first-order valence-electron chi connectivity index (χ1n) is 5.43. The zero-order valence-electron chi connectivity index (χ0n) is 10.6. The van der Waals surface area contributed by atoms with Gasteiger partial charge in [-0.2, -0.15) is 0 Å². The van der Waals surface area contributed by atoms with Gasteiger partial charge in [0.05, 0.1) is 11.9 Å². The lowest BCUT2D eigenvalue weighted by atomic mass is 10.1. The molecule has 0 amide bonds. The van der Waals surface area contributed by atoms with Crippen LogP contribution in [0.4, 0.5) is 0 Å². The second kappa shape index (κ2) is 6.93. The summed E-state index contributed by atoms with van der Waals surface area (Å²) in [7, 11) is -2.23. The van der Waals surface area contributed by atoms with Crippen molar-refractivity contribution in [2.75, 3.05) is 12.9 Å². The van der Waals surface area contributed by atoms with E-state index in [1.165, 1.54) is 7.11 Å². The van der Waals surface area contributed by atoms with Crippen molar-refractivity contribution in [3.8, 4) is 0 Å². The van der Waals surface area contributed by atoms with E-state index in [1.807, 2.05) is 13.8 Å². The number of sulfonamides is 1. The summed E-state index contributed by atoms with van der Waals surface area (Å²) >= 11 is 0. The van der Waals surface area contributed by atoms with E-state index in [9.17, 15) is 13.2 Å². The molecule has 0 rings (SSSR count). The molecule has 0 aliphatic rings. The lowest BCUT2D eigenvalue weighted by molar-refractivity contribution is -0.139. The molecule has 2 atom stereocenters. The van der Waals surface area contributed by atoms with Crippen LogP contribution in [0.1, 0.15) is 27.2 Å². The molecule has 0 radical (unpaired) electrons. The summed E-state index contributed by atoms with van der Waals surface area (Å²) in [6, 6.07) is -1.08. The van der Waals surface area contributed by atoms with E-state index in [4.69, 9.17) is 9.84 Å². The summed E-state index contributed by atoms with van der Waals surface area (Å²) < 4.78 is 30.3. The molecule has 17 heavy (non-hydrogen) atoms. The first kappa shape index (κ1) is 16.3. The van der Waals surface area contributed by atoms with Crippen molar-refractivity contribution in [3.05, 3.63) is 0 Å². The lowest BCUT2D eigenvalue weighted by Gasteiger charge is -2.18. The minimum Gasteiger partial charge on any atom is -0.480 e. The second-order valence-corrected chi connectivity index (χ2v) is 6.26. The lowest BCUT2D eigenvalue weighted by Crippen LogP contribution is -2.44. The van der Waals surface area contributed by atoms with E-state index in [0.717, 1.165) is 0 Å². The highest BCUT2D eigenvalue weighted by molar-refractivity contribution is 7.89. The van der Waals surface area contributed by atoms with Gasteiger partial charge in [-0.15, -0.1) is 0 Å². The predicted molar refractivity (Wildman–Crippen MR) is 64.3 cm³/mol. The van der Waals surface area contributed by atoms with Crippen LogP contribution in [0.3, 0.4) is 0 Å². The molecule has 0 aromatic rings. The molecule has 0 fully saturated rings. The molecule has 6 nitrogen and oxygen atoms in total. The van der Waals surface area contributed by atoms with Gasteiger partial charge in [-0.3, -0.25) is 4.79 Å². The highest BCUT2D eigenvalue weighted by atomic mass is 32.2. The molecule has 0 saturated heterocycles. The van der Waals surface area contributed by atoms with Crippen LogP contribution < -0.4 is 4.72 Å². The third kappa shape index (κ3) is 7.30. The average molecular weight is 267 g/mol. The van der Waals surface area contributed by atoms with E-state index >= 15 is 0 Å². The van der Waals surface area contributed by atoms with Crippen molar-refractivity contribution in [1.82, 2.24) is 4.72 Å². The van der Waals surface area contributed by atoms with Crippen LogP contribution >= 0.6 is 0 Å². The highest BCUT2D eigenvalue weighted by Gasteiger charge is 2.25. The molecule has 0 bridgehead atoms. The van der Waals surface area contributed by atoms with Gasteiger partial charge in [-0.05, 0) is 19.3 Å². The van der Waals surface area contributed by atoms with Gasteiger partial charge in [-0.1, -0.05) is 13.8 Å². The van der Waals surface area contributed by atoms with E-state index in [0.29, 0.717) is 0 Å². The van der Waals surface area contributed by atoms with Gasteiger partial charge in [0, 0.05) is 7.11 Å². The summed E-state index contributed by atoms with van der Waals surface area (Å²) in [6.45, 7) is 5.28. The Kier molecular flexibility index (Phi) is 6.66. The number of carbonyl (C=O) groups is 1. The number of hydrogen-bond donors (Lipinski definition) is 2. The van der Waals surface area contributed by atoms with E-state index in [1.54, 1.807) is 6.92 Å². The third-order valence-corrected chi connectivity index (χ3v) is 3.74. The fourth-order valence-electron chi connectivity index (χ4n) is 1.31. The topological polar surface area (TPSA) is 92.7 Å². The molecule has 0 heterocycles. The third-order valence-electron chi connectivity index (χ3n) is 2.18. The maximum absolute atomic E-state index is 11.6. The maximum atomic E-state index is 11.6. The minimum atomic E-state index is -3.64. The molecule has 0 aliphatic heterocycles. The van der Waals surface area contributed by atoms with Gasteiger partial charge in [0.25, 0.3) is 0 Å². The molecular formula is C10H21NO5S. The Morgan fingerprint density at radius 3 is 2.24 bits per heavy atom. The van der Waals surface area contributed by atoms with Crippen molar-refractivity contribution in [2.24, 2.45) is 5.92 Å². The smallest absolute Gasteiger partial charge is 0.321 e. The highest BCUT2D eigenvalue weighted by Crippen LogP contribution is 2.07. The molecule has 0 spiro atoms. The minimum absolute atomic E-state index is 0.0960. The number of carboxylic acid groups (broad SMARTS) is 1. The number of nitrogens with one attached hydrogen (secondary N) is 1. The molecule has 0 saturated carbocycles. The van der Waals surface area contributed by atoms with Crippen LogP contribution in [0.15, 0.2) is 0 Å². The molecule has 2 N–H and O–H groups in total. The number of ether oxygens (including phenoxy) is 1. The average Bonchev–Trinajstić information content (AvgIpc) is 2.14. The number of rotatable bonds is 8. The van der Waals surface area contributed by atoms with Crippen LogP contribution in [0.2, 0.25) is 0 Å². The van der Waals surface area contributed by atoms with Gasteiger partial charge in [0.15, 0.2) is 0 Å². The van der Waals surface area contributed by atoms with Crippen LogP contribution in [0, 0.1) is 5.92 Å². The molecule has 0 aliphatic carbocycles. The summed E-state index contributed by atoms with van der Waals surface area (Å²) in [5.74, 6) is -1.31. The maximum Gasteiger partial charge on any atom is 0.321 e. The Bertz CT molecular complexity index is 339. The molecule has 102 valence electrons. The first-order valence-corrected chi connectivity index (χ1v) is 7.08. The Labute approximate surface area is 102 Å². The first-order chi connectivity index (χ1) is 7.68. The van der Waals surface area contributed by atoms with E-state index < -0.39 is 28.1 Å². The van der Waals surface area contributed by atoms with E-state index in [-0.39, 0.29) is 18.1 Å². The SMILES string of the molecule is COC(C)CS(=O)(=O)N[C@@H](CC(C)C)C(=O)O. The normalized spacial score (nSPS) is 15.8. The largest absolute Gasteiger partial charge is 0.480 e. The zero-order valence-corrected chi connectivity index (χ0v) is 11.5. The standard InChI is InChI=1S/C10H21NO5S/c1-7(2)5-9(10(12)13)11-17(14,15)6-8(3)16-4/h7-9,11H,5-6H2,1-4H3,(H,12,13)/t8?,9-/m0/s1. The fourth-order valence-corrected chi connectivity index (χ4v) is 2.79. The summed E-state index contributed by atoms with van der Waals surface area (Å²) in [5, 5.41) is 8.92. The summed E-state index contributed by atoms with van der Waals surface area (Å²) in [4.78, 5) is 10.9. The van der Waals surface area contributed by atoms with Gasteiger partial charge >= 0.3 is 5.97 Å². The van der Waals surface area contributed by atoms with Gasteiger partial charge < -0.3 is 9.84 Å². The van der Waals surface area contributed by atoms with Gasteiger partial charge in [0.1, 0.15) is 6.04 Å². The molecule has 7 heteroatoms. The number of hydrogen-bond acceptors (Lipinski definition) is 4. The molecule has 0 aromatic heterocycles. The van der Waals surface area contributed by atoms with Crippen molar-refractivity contribution in [3.63, 3.8) is 0 Å². The van der Waals surface area contributed by atoms with Gasteiger partial charge in [0.2, 0.25) is 10.0 Å².